The van der Waals surface area contributed by atoms with Gasteiger partial charge in [0.2, 0.25) is 0 Å². The van der Waals surface area contributed by atoms with E-state index < -0.39 is 5.97 Å². The summed E-state index contributed by atoms with van der Waals surface area (Å²) < 4.78 is 6.77. The summed E-state index contributed by atoms with van der Waals surface area (Å²) >= 11 is 3.27. The van der Waals surface area contributed by atoms with Crippen molar-refractivity contribution in [3.63, 3.8) is 0 Å². The summed E-state index contributed by atoms with van der Waals surface area (Å²) in [4.78, 5) is 15.3. The lowest BCUT2D eigenvalue weighted by Gasteiger charge is -2.05. The first-order valence-electron chi connectivity index (χ1n) is 4.32. The molecule has 0 aliphatic rings. The molecule has 0 spiro atoms. The van der Waals surface area contributed by atoms with Crippen molar-refractivity contribution in [1.82, 2.24) is 19.7 Å². The average molecular weight is 283 g/mol. The predicted molar refractivity (Wildman–Crippen MR) is 58.2 cm³/mol. The molecule has 6 nitrogen and oxygen atoms in total. The highest BCUT2D eigenvalue weighted by atomic mass is 79.9. The number of esters is 1. The fourth-order valence-corrected chi connectivity index (χ4v) is 1.69. The normalized spacial score (nSPS) is 10.1. The Morgan fingerprint density at radius 3 is 2.62 bits per heavy atom. The highest BCUT2D eigenvalue weighted by Crippen LogP contribution is 2.18. The van der Waals surface area contributed by atoms with Crippen molar-refractivity contribution in [1.29, 1.82) is 0 Å². The van der Waals surface area contributed by atoms with Gasteiger partial charge >= 0.3 is 5.97 Å². The summed E-state index contributed by atoms with van der Waals surface area (Å²) in [7, 11) is 1.31. The summed E-state index contributed by atoms with van der Waals surface area (Å²) in [6.07, 6.45) is 3.08. The summed E-state index contributed by atoms with van der Waals surface area (Å²) in [5.74, 6) is -0.476. The van der Waals surface area contributed by atoms with Crippen molar-refractivity contribution in [2.75, 3.05) is 7.11 Å². The number of methoxy groups -OCH3 is 1. The zero-order chi connectivity index (χ0) is 11.5. The van der Waals surface area contributed by atoms with Gasteiger partial charge in [0.15, 0.2) is 0 Å². The van der Waals surface area contributed by atoms with Gasteiger partial charge in [-0.2, -0.15) is 0 Å². The van der Waals surface area contributed by atoms with Gasteiger partial charge in [-0.05, 0) is 28.1 Å². The third-order valence-corrected chi connectivity index (χ3v) is 2.50. The third kappa shape index (κ3) is 1.94. The van der Waals surface area contributed by atoms with Crippen LogP contribution >= 0.6 is 15.9 Å². The molecule has 0 saturated heterocycles. The minimum absolute atomic E-state index is 0.242. The average Bonchev–Trinajstić information content (AvgIpc) is 2.81. The topological polar surface area (TPSA) is 69.9 Å². The number of ether oxygens (including phenoxy) is 1. The van der Waals surface area contributed by atoms with Gasteiger partial charge in [0.1, 0.15) is 23.0 Å². The van der Waals surface area contributed by atoms with Gasteiger partial charge in [-0.15, -0.1) is 10.2 Å². The molecule has 0 aromatic carbocycles. The second-order valence-electron chi connectivity index (χ2n) is 2.87. The van der Waals surface area contributed by atoms with Crippen molar-refractivity contribution in [3.05, 3.63) is 35.1 Å². The number of carbonyl (C=O) groups is 1. The van der Waals surface area contributed by atoms with E-state index >= 15 is 0 Å². The number of halogens is 1. The van der Waals surface area contributed by atoms with E-state index in [9.17, 15) is 4.79 Å². The van der Waals surface area contributed by atoms with E-state index in [0.29, 0.717) is 4.60 Å². The Bertz CT molecular complexity index is 512. The number of hydrogen-bond acceptors (Lipinski definition) is 5. The first kappa shape index (κ1) is 10.7. The maximum absolute atomic E-state index is 11.2. The molecule has 7 heteroatoms. The molecule has 2 aromatic rings. The minimum Gasteiger partial charge on any atom is -0.464 e. The zero-order valence-electron chi connectivity index (χ0n) is 8.29. The molecular formula is C9H7BrN4O2. The smallest absolute Gasteiger partial charge is 0.356 e. The van der Waals surface area contributed by atoms with Gasteiger partial charge in [0, 0.05) is 0 Å². The Kier molecular flexibility index (Phi) is 2.95. The summed E-state index contributed by atoms with van der Waals surface area (Å²) in [5.41, 5.74) is 0.990. The molecule has 0 radical (unpaired) electrons. The van der Waals surface area contributed by atoms with E-state index in [-0.39, 0.29) is 5.69 Å². The molecule has 0 saturated carbocycles. The van der Waals surface area contributed by atoms with Crippen LogP contribution in [0.15, 0.2) is 29.4 Å². The molecule has 0 atom stereocenters. The number of pyridine rings is 1. The second kappa shape index (κ2) is 4.40. The van der Waals surface area contributed by atoms with Gasteiger partial charge in [0.05, 0.1) is 12.8 Å². The third-order valence-electron chi connectivity index (χ3n) is 1.92. The van der Waals surface area contributed by atoms with Crippen molar-refractivity contribution >= 4 is 21.9 Å². The van der Waals surface area contributed by atoms with Gasteiger partial charge in [-0.25, -0.2) is 9.78 Å². The number of nitrogens with zero attached hydrogens (tertiary/aromatic N) is 4. The quantitative estimate of drug-likeness (QED) is 0.612. The van der Waals surface area contributed by atoms with E-state index in [4.69, 9.17) is 0 Å². The van der Waals surface area contributed by atoms with Gasteiger partial charge in [-0.3, -0.25) is 4.57 Å². The summed E-state index contributed by atoms with van der Waals surface area (Å²) in [6.45, 7) is 0. The van der Waals surface area contributed by atoms with Crippen LogP contribution in [-0.4, -0.2) is 32.8 Å². The Labute approximate surface area is 99.4 Å². The fraction of sp³-hybridized carbons (Fsp3) is 0.111. The van der Waals surface area contributed by atoms with Crippen LogP contribution in [0.3, 0.4) is 0 Å². The lowest BCUT2D eigenvalue weighted by atomic mass is 10.3. The lowest BCUT2D eigenvalue weighted by Crippen LogP contribution is -2.05. The highest BCUT2D eigenvalue weighted by Gasteiger charge is 2.11. The molecule has 0 unspecified atom stereocenters. The Morgan fingerprint density at radius 1 is 1.38 bits per heavy atom. The van der Waals surface area contributed by atoms with Crippen LogP contribution in [0.1, 0.15) is 10.5 Å². The highest BCUT2D eigenvalue weighted by molar-refractivity contribution is 9.10. The van der Waals surface area contributed by atoms with Crippen LogP contribution in [0, 0.1) is 0 Å². The molecule has 2 aromatic heterocycles. The molecule has 0 aliphatic carbocycles. The van der Waals surface area contributed by atoms with Crippen LogP contribution < -0.4 is 0 Å². The second-order valence-corrected chi connectivity index (χ2v) is 3.62. The first-order valence-corrected chi connectivity index (χ1v) is 5.11. The van der Waals surface area contributed by atoms with Crippen molar-refractivity contribution in [3.8, 4) is 5.69 Å². The number of hydrogen-bond donors (Lipinski definition) is 0. The van der Waals surface area contributed by atoms with Gasteiger partial charge in [-0.1, -0.05) is 0 Å². The maximum atomic E-state index is 11.2. The van der Waals surface area contributed by atoms with Crippen LogP contribution in [0.4, 0.5) is 0 Å². The number of rotatable bonds is 2. The largest absolute Gasteiger partial charge is 0.464 e. The molecule has 2 rings (SSSR count). The molecular weight excluding hydrogens is 276 g/mol. The van der Waals surface area contributed by atoms with Crippen molar-refractivity contribution in [2.24, 2.45) is 0 Å². The molecule has 82 valence electrons. The van der Waals surface area contributed by atoms with E-state index in [1.807, 2.05) is 0 Å². The molecule has 16 heavy (non-hydrogen) atoms. The van der Waals surface area contributed by atoms with Crippen LogP contribution in [0.5, 0.6) is 0 Å². The molecule has 0 amide bonds. The molecule has 0 fully saturated rings. The molecule has 0 aliphatic heterocycles. The Balaban J connectivity index is 2.41. The molecule has 0 bridgehead atoms. The monoisotopic (exact) mass is 282 g/mol. The maximum Gasteiger partial charge on any atom is 0.356 e. The fourth-order valence-electron chi connectivity index (χ4n) is 1.16. The SMILES string of the molecule is COC(=O)c1ccc(-n2cnnc2)c(Br)n1. The van der Waals surface area contributed by atoms with E-state index in [0.717, 1.165) is 5.69 Å². The standard InChI is InChI=1S/C9H7BrN4O2/c1-16-9(15)6-2-3-7(8(10)13-6)14-4-11-12-5-14/h2-5H,1H3. The Hall–Kier alpha value is -1.76. The summed E-state index contributed by atoms with van der Waals surface area (Å²) in [5, 5.41) is 7.37. The minimum atomic E-state index is -0.476. The molecule has 0 N–H and O–H groups in total. The predicted octanol–water partition coefficient (Wildman–Crippen LogP) is 1.21. The first-order chi connectivity index (χ1) is 7.72. The van der Waals surface area contributed by atoms with Crippen molar-refractivity contribution in [2.45, 2.75) is 0 Å². The number of carbonyl (C=O) groups excluding carboxylic acids is 1. The zero-order valence-corrected chi connectivity index (χ0v) is 9.88. The van der Waals surface area contributed by atoms with Crippen LogP contribution in [-0.2, 0) is 4.74 Å². The Morgan fingerprint density at radius 2 is 2.06 bits per heavy atom. The van der Waals surface area contributed by atoms with E-state index in [1.165, 1.54) is 7.11 Å². The van der Waals surface area contributed by atoms with E-state index in [1.54, 1.807) is 29.4 Å². The molecule has 2 heterocycles. The summed E-state index contributed by atoms with van der Waals surface area (Å²) in [6, 6.07) is 3.30. The lowest BCUT2D eigenvalue weighted by molar-refractivity contribution is 0.0594. The number of aromatic nitrogens is 4. The van der Waals surface area contributed by atoms with Crippen molar-refractivity contribution < 1.29 is 9.53 Å². The van der Waals surface area contributed by atoms with Gasteiger partial charge < -0.3 is 4.74 Å². The van der Waals surface area contributed by atoms with Crippen LogP contribution in [0.2, 0.25) is 0 Å². The van der Waals surface area contributed by atoms with Gasteiger partial charge in [0.25, 0.3) is 0 Å². The van der Waals surface area contributed by atoms with Crippen LogP contribution in [0.25, 0.3) is 5.69 Å². The van der Waals surface area contributed by atoms with E-state index in [2.05, 4.69) is 35.8 Å².